The topological polar surface area (TPSA) is 149 Å². The van der Waals surface area contributed by atoms with Crippen LogP contribution in [0.5, 0.6) is 17.2 Å². The first-order valence-corrected chi connectivity index (χ1v) is 9.61. The van der Waals surface area contributed by atoms with Gasteiger partial charge in [0.1, 0.15) is 5.69 Å². The highest BCUT2D eigenvalue weighted by molar-refractivity contribution is 5.76. The molecule has 0 spiro atoms. The fraction of sp³-hybridized carbons (Fsp3) is 0.400. The highest BCUT2D eigenvalue weighted by Gasteiger charge is 2.19. The van der Waals surface area contributed by atoms with Crippen LogP contribution in [0.1, 0.15) is 30.5 Å². The number of benzene rings is 1. The number of aromatic nitrogens is 2. The normalized spacial score (nSPS) is 13.3. The van der Waals surface area contributed by atoms with Crippen molar-refractivity contribution in [3.8, 4) is 17.2 Å². The molecule has 3 rings (SSSR count). The van der Waals surface area contributed by atoms with Gasteiger partial charge in [-0.3, -0.25) is 19.9 Å². The zero-order valence-electron chi connectivity index (χ0n) is 17.6. The third kappa shape index (κ3) is 6.19. The average Bonchev–Trinajstić information content (AvgIpc) is 2.77. The van der Waals surface area contributed by atoms with Gasteiger partial charge in [-0.15, -0.1) is 0 Å². The maximum Gasteiger partial charge on any atom is 0.357 e. The molecule has 1 saturated heterocycles. The number of aromatic amines is 2. The zero-order valence-corrected chi connectivity index (χ0v) is 17.6. The zero-order chi connectivity index (χ0) is 22.8. The monoisotopic (exact) mass is 434 g/mol. The summed E-state index contributed by atoms with van der Waals surface area (Å²) < 4.78 is 15.7. The van der Waals surface area contributed by atoms with Crippen LogP contribution in [0.25, 0.3) is 12.2 Å². The van der Waals surface area contributed by atoms with E-state index >= 15 is 0 Å². The smallest absolute Gasteiger partial charge is 0.357 e. The maximum atomic E-state index is 11.6. The van der Waals surface area contributed by atoms with Crippen LogP contribution in [-0.4, -0.2) is 49.3 Å². The van der Waals surface area contributed by atoms with Crippen molar-refractivity contribution < 1.29 is 19.1 Å². The van der Waals surface area contributed by atoms with E-state index in [2.05, 4.69) is 10.3 Å². The summed E-state index contributed by atoms with van der Waals surface area (Å²) in [7, 11) is 4.33. The molecule has 11 heteroatoms. The predicted molar refractivity (Wildman–Crippen MR) is 116 cm³/mol. The molecule has 0 radical (unpaired) electrons. The molecule has 0 atom stereocenters. The van der Waals surface area contributed by atoms with Crippen molar-refractivity contribution in [2.45, 2.75) is 19.3 Å². The Hall–Kier alpha value is -3.60. The van der Waals surface area contributed by atoms with Crippen molar-refractivity contribution in [1.82, 2.24) is 15.3 Å². The van der Waals surface area contributed by atoms with Crippen LogP contribution in [-0.2, 0) is 0 Å². The Labute approximate surface area is 178 Å². The number of piperidine rings is 1. The van der Waals surface area contributed by atoms with Gasteiger partial charge in [0.05, 0.1) is 26.3 Å². The largest absolute Gasteiger partial charge is 0.493 e. The summed E-state index contributed by atoms with van der Waals surface area (Å²) in [4.78, 5) is 37.2. The summed E-state index contributed by atoms with van der Waals surface area (Å²) in [6.07, 6.45) is 6.89. The van der Waals surface area contributed by atoms with E-state index in [4.69, 9.17) is 14.2 Å². The lowest BCUT2D eigenvalue weighted by atomic mass is 10.1. The van der Waals surface area contributed by atoms with Crippen molar-refractivity contribution >= 4 is 17.8 Å². The second-order valence-corrected chi connectivity index (χ2v) is 6.50. The molecule has 1 aromatic carbocycles. The third-order valence-electron chi connectivity index (χ3n) is 4.50. The first kappa shape index (κ1) is 23.7. The number of nitro groups is 1. The Balaban J connectivity index is 0.000000488. The molecule has 0 aliphatic carbocycles. The minimum atomic E-state index is -1.09. The van der Waals surface area contributed by atoms with E-state index < -0.39 is 21.9 Å². The summed E-state index contributed by atoms with van der Waals surface area (Å²) in [5.41, 5.74) is -2.45. The highest BCUT2D eigenvalue weighted by atomic mass is 16.6. The Morgan fingerprint density at radius 3 is 2.10 bits per heavy atom. The minimum absolute atomic E-state index is 0.240. The van der Waals surface area contributed by atoms with Crippen LogP contribution < -0.4 is 30.8 Å². The van der Waals surface area contributed by atoms with E-state index in [1.807, 2.05) is 4.98 Å². The van der Waals surface area contributed by atoms with Crippen molar-refractivity contribution in [3.05, 3.63) is 54.3 Å². The first-order valence-electron chi connectivity index (χ1n) is 9.61. The fourth-order valence-corrected chi connectivity index (χ4v) is 3.03. The van der Waals surface area contributed by atoms with E-state index in [1.54, 1.807) is 12.1 Å². The van der Waals surface area contributed by atoms with E-state index in [0.29, 0.717) is 22.8 Å². The number of nitrogens with zero attached hydrogens (tertiary/aromatic N) is 1. The van der Waals surface area contributed by atoms with Crippen LogP contribution in [0.4, 0.5) is 5.69 Å². The number of ether oxygens (including phenoxy) is 3. The summed E-state index contributed by atoms with van der Waals surface area (Å²) in [6.45, 7) is 2.50. The lowest BCUT2D eigenvalue weighted by Gasteiger charge is -2.13. The second-order valence-electron chi connectivity index (χ2n) is 6.50. The standard InChI is InChI=1S/C15H15N3O7.C5H11N/c1-23-10-7-5-8(12(24-2)13(10)25-3)4-6-9-11(18(21)22)14(19)17-15(20)16-9;1-2-4-6-5-3-1/h4-7H,1-3H3,(H2,16,17,19,20);6H,1-5H2/b6-4+;. The molecule has 31 heavy (non-hydrogen) atoms. The molecule has 1 aliphatic heterocycles. The SMILES string of the molecule is C1CCNCC1.COc1ccc(/C=C/c2[nH]c(=O)[nH]c(=O)c2[N+](=O)[O-])c(OC)c1OC. The molecular formula is C20H26N4O7. The van der Waals surface area contributed by atoms with Gasteiger partial charge in [-0.05, 0) is 50.2 Å². The molecule has 0 saturated carbocycles. The van der Waals surface area contributed by atoms with Gasteiger partial charge in [0.2, 0.25) is 5.75 Å². The van der Waals surface area contributed by atoms with E-state index in [1.165, 1.54) is 65.8 Å². The van der Waals surface area contributed by atoms with Gasteiger partial charge in [0, 0.05) is 5.56 Å². The van der Waals surface area contributed by atoms with Gasteiger partial charge in [0.25, 0.3) is 0 Å². The van der Waals surface area contributed by atoms with Crippen LogP contribution in [0, 0.1) is 10.1 Å². The van der Waals surface area contributed by atoms with Crippen LogP contribution in [0.3, 0.4) is 0 Å². The molecule has 0 amide bonds. The number of H-pyrrole nitrogens is 2. The number of methoxy groups -OCH3 is 3. The van der Waals surface area contributed by atoms with Gasteiger partial charge in [0.15, 0.2) is 11.5 Å². The van der Waals surface area contributed by atoms with E-state index in [0.717, 1.165) is 0 Å². The molecule has 3 N–H and O–H groups in total. The lowest BCUT2D eigenvalue weighted by Crippen LogP contribution is -2.25. The van der Waals surface area contributed by atoms with E-state index in [9.17, 15) is 19.7 Å². The van der Waals surface area contributed by atoms with Crippen molar-refractivity contribution in [2.75, 3.05) is 34.4 Å². The van der Waals surface area contributed by atoms with Crippen molar-refractivity contribution in [3.63, 3.8) is 0 Å². The quantitative estimate of drug-likeness (QED) is 0.461. The molecule has 2 aromatic rings. The summed E-state index contributed by atoms with van der Waals surface area (Å²) in [5.74, 6) is 1.10. The minimum Gasteiger partial charge on any atom is -0.493 e. The number of hydrogen-bond acceptors (Lipinski definition) is 8. The molecule has 1 aromatic heterocycles. The molecule has 1 fully saturated rings. The van der Waals surface area contributed by atoms with Crippen molar-refractivity contribution in [2.24, 2.45) is 0 Å². The van der Waals surface area contributed by atoms with E-state index in [-0.39, 0.29) is 5.69 Å². The van der Waals surface area contributed by atoms with Gasteiger partial charge < -0.3 is 24.5 Å². The average molecular weight is 434 g/mol. The molecule has 2 heterocycles. The maximum absolute atomic E-state index is 11.6. The number of hydrogen-bond donors (Lipinski definition) is 3. The Morgan fingerprint density at radius 1 is 0.935 bits per heavy atom. The lowest BCUT2D eigenvalue weighted by molar-refractivity contribution is -0.386. The molecule has 0 unspecified atom stereocenters. The summed E-state index contributed by atoms with van der Waals surface area (Å²) in [6, 6.07) is 3.25. The fourth-order valence-electron chi connectivity index (χ4n) is 3.03. The Bertz CT molecular complexity index is 1030. The molecular weight excluding hydrogens is 408 g/mol. The van der Waals surface area contributed by atoms with Crippen LogP contribution in [0.15, 0.2) is 21.7 Å². The van der Waals surface area contributed by atoms with Crippen LogP contribution in [0.2, 0.25) is 0 Å². The first-order chi connectivity index (χ1) is 14.9. The van der Waals surface area contributed by atoms with Gasteiger partial charge in [-0.25, -0.2) is 4.79 Å². The third-order valence-corrected chi connectivity index (χ3v) is 4.50. The Kier molecular flexibility index (Phi) is 8.82. The molecule has 11 nitrogen and oxygen atoms in total. The summed E-state index contributed by atoms with van der Waals surface area (Å²) >= 11 is 0. The molecule has 0 bridgehead atoms. The Morgan fingerprint density at radius 2 is 1.61 bits per heavy atom. The number of rotatable bonds is 6. The van der Waals surface area contributed by atoms with Gasteiger partial charge in [-0.2, -0.15) is 0 Å². The predicted octanol–water partition coefficient (Wildman–Crippen LogP) is 1.93. The molecule has 168 valence electrons. The second kappa shape index (κ2) is 11.6. The number of nitrogens with one attached hydrogen (secondary N) is 3. The molecule has 1 aliphatic rings. The van der Waals surface area contributed by atoms with Gasteiger partial charge in [-0.1, -0.05) is 6.42 Å². The van der Waals surface area contributed by atoms with Crippen molar-refractivity contribution in [1.29, 1.82) is 0 Å². The summed E-state index contributed by atoms with van der Waals surface area (Å²) in [5, 5.41) is 14.3. The van der Waals surface area contributed by atoms with Crippen LogP contribution >= 0.6 is 0 Å². The van der Waals surface area contributed by atoms with Gasteiger partial charge >= 0.3 is 16.9 Å². The highest BCUT2D eigenvalue weighted by Crippen LogP contribution is 2.40.